The smallest absolute Gasteiger partial charge is 0.250 e. The van der Waals surface area contributed by atoms with Gasteiger partial charge in [-0.25, -0.2) is 0 Å². The molecule has 6 atom stereocenters. The maximum Gasteiger partial charge on any atom is 0.250 e. The van der Waals surface area contributed by atoms with Crippen LogP contribution in [-0.4, -0.2) is 52.1 Å². The number of carbonyl (C=O) groups is 3. The quantitative estimate of drug-likeness (QED) is 0.415. The van der Waals surface area contributed by atoms with E-state index in [1.54, 1.807) is 48.5 Å². The summed E-state index contributed by atoms with van der Waals surface area (Å²) in [6.45, 7) is -0.404. The fourth-order valence-corrected chi connectivity index (χ4v) is 6.75. The van der Waals surface area contributed by atoms with Gasteiger partial charge in [0.15, 0.2) is 0 Å². The van der Waals surface area contributed by atoms with Crippen LogP contribution in [0.2, 0.25) is 5.02 Å². The normalized spacial score (nSPS) is 27.7. The third-order valence-corrected chi connectivity index (χ3v) is 8.48. The number of para-hydroxylation sites is 2. The average Bonchev–Trinajstić information content (AvgIpc) is 3.59. The van der Waals surface area contributed by atoms with Crippen LogP contribution in [0.3, 0.4) is 0 Å². The fraction of sp³-hybridized carbons (Fsp3) is 0.300. The monoisotopic (exact) mass is 545 g/mol. The highest BCUT2D eigenvalue weighted by Crippen LogP contribution is 2.60. The number of aliphatic hydroxyl groups excluding tert-OH is 1. The van der Waals surface area contributed by atoms with Crippen molar-refractivity contribution in [2.24, 2.45) is 11.8 Å². The molecule has 3 aliphatic heterocycles. The first kappa shape index (κ1) is 25.6. The highest BCUT2D eigenvalue weighted by atomic mass is 35.5. The summed E-state index contributed by atoms with van der Waals surface area (Å²) in [6.07, 6.45) is 0.479. The molecule has 0 radical (unpaired) electrons. The Morgan fingerprint density at radius 2 is 1.64 bits per heavy atom. The van der Waals surface area contributed by atoms with E-state index in [1.165, 1.54) is 4.90 Å². The molecule has 0 aromatic heterocycles. The number of benzene rings is 3. The van der Waals surface area contributed by atoms with Crippen molar-refractivity contribution in [1.82, 2.24) is 4.90 Å². The van der Waals surface area contributed by atoms with Crippen molar-refractivity contribution in [2.45, 2.75) is 36.6 Å². The summed E-state index contributed by atoms with van der Waals surface area (Å²) in [6, 6.07) is 23.1. The molecule has 2 bridgehead atoms. The zero-order chi connectivity index (χ0) is 27.1. The molecule has 200 valence electrons. The van der Waals surface area contributed by atoms with Gasteiger partial charge in [-0.3, -0.25) is 14.4 Å². The van der Waals surface area contributed by atoms with Crippen LogP contribution in [0.5, 0.6) is 0 Å². The Bertz CT molecular complexity index is 1400. The van der Waals surface area contributed by atoms with E-state index in [4.69, 9.17) is 16.3 Å². The topological polar surface area (TPSA) is 108 Å². The minimum Gasteiger partial charge on any atom is -0.394 e. The number of nitrogens with one attached hydrogen (secondary N) is 2. The second-order valence-corrected chi connectivity index (χ2v) is 10.6. The summed E-state index contributed by atoms with van der Waals surface area (Å²) >= 11 is 6.34. The number of amides is 3. The van der Waals surface area contributed by atoms with Crippen LogP contribution >= 0.6 is 11.6 Å². The van der Waals surface area contributed by atoms with E-state index in [2.05, 4.69) is 10.6 Å². The van der Waals surface area contributed by atoms with E-state index < -0.39 is 48.1 Å². The summed E-state index contributed by atoms with van der Waals surface area (Å²) in [5, 5.41) is 16.7. The van der Waals surface area contributed by atoms with Crippen LogP contribution in [0.4, 0.5) is 11.4 Å². The number of anilines is 2. The van der Waals surface area contributed by atoms with E-state index >= 15 is 0 Å². The van der Waals surface area contributed by atoms with Crippen molar-refractivity contribution in [3.63, 3.8) is 0 Å². The van der Waals surface area contributed by atoms with E-state index in [0.29, 0.717) is 34.8 Å². The lowest BCUT2D eigenvalue weighted by Gasteiger charge is -2.36. The van der Waals surface area contributed by atoms with Crippen molar-refractivity contribution < 1.29 is 24.2 Å². The van der Waals surface area contributed by atoms with E-state index in [1.807, 2.05) is 36.4 Å². The standard InChI is InChI=1S/C30H28ClN3O5/c31-20-13-7-8-14-21(20)33-28(37)26-30-16-15-23(39-30)24(27(36)32-19-11-5-2-6-12-19)25(30)29(38)34(26)22(17-35)18-9-3-1-4-10-18/h1-14,22-26,35H,15-17H2,(H,32,36)(H,33,37)/t22-,23-,24+,25+,26?,30?/m1/s1. The van der Waals surface area contributed by atoms with Gasteiger partial charge in [0.2, 0.25) is 17.7 Å². The zero-order valence-electron chi connectivity index (χ0n) is 21.0. The lowest BCUT2D eigenvalue weighted by molar-refractivity contribution is -0.143. The molecule has 0 aliphatic carbocycles. The Hall–Kier alpha value is -3.72. The molecule has 3 saturated heterocycles. The second-order valence-electron chi connectivity index (χ2n) is 10.2. The van der Waals surface area contributed by atoms with Crippen LogP contribution in [0.1, 0.15) is 24.4 Å². The summed E-state index contributed by atoms with van der Waals surface area (Å²) in [5.74, 6) is -2.83. The minimum atomic E-state index is -1.21. The van der Waals surface area contributed by atoms with Crippen molar-refractivity contribution in [3.8, 4) is 0 Å². The molecule has 3 fully saturated rings. The van der Waals surface area contributed by atoms with E-state index in [-0.39, 0.29) is 11.8 Å². The van der Waals surface area contributed by atoms with Crippen molar-refractivity contribution >= 4 is 40.7 Å². The maximum absolute atomic E-state index is 14.3. The maximum atomic E-state index is 14.3. The number of ether oxygens (including phenoxy) is 1. The Balaban J connectivity index is 1.41. The zero-order valence-corrected chi connectivity index (χ0v) is 21.8. The first-order chi connectivity index (χ1) is 18.9. The molecule has 3 aromatic rings. The summed E-state index contributed by atoms with van der Waals surface area (Å²) in [4.78, 5) is 43.4. The third kappa shape index (κ3) is 4.19. The molecule has 6 rings (SSSR count). The van der Waals surface area contributed by atoms with Crippen molar-refractivity contribution in [1.29, 1.82) is 0 Å². The highest BCUT2D eigenvalue weighted by Gasteiger charge is 2.75. The lowest BCUT2D eigenvalue weighted by Crippen LogP contribution is -2.54. The molecule has 1 spiro atoms. The van der Waals surface area contributed by atoms with Crippen LogP contribution in [-0.2, 0) is 19.1 Å². The Labute approximate surface area is 230 Å². The van der Waals surface area contributed by atoms with Gasteiger partial charge in [0, 0.05) is 5.69 Å². The van der Waals surface area contributed by atoms with Gasteiger partial charge < -0.3 is 25.4 Å². The highest BCUT2D eigenvalue weighted by molar-refractivity contribution is 6.33. The van der Waals surface area contributed by atoms with Gasteiger partial charge in [0.05, 0.1) is 41.3 Å². The summed E-state index contributed by atoms with van der Waals surface area (Å²) in [5.41, 5.74) is 0.489. The molecular weight excluding hydrogens is 518 g/mol. The van der Waals surface area contributed by atoms with Gasteiger partial charge in [-0.2, -0.15) is 0 Å². The van der Waals surface area contributed by atoms with Crippen LogP contribution < -0.4 is 10.6 Å². The molecule has 3 N–H and O–H groups in total. The van der Waals surface area contributed by atoms with Crippen LogP contribution in [0.25, 0.3) is 0 Å². The molecule has 0 saturated carbocycles. The molecule has 9 heteroatoms. The summed E-state index contributed by atoms with van der Waals surface area (Å²) in [7, 11) is 0. The SMILES string of the molecule is O=C(Nc1ccccc1Cl)C1N([C@H](CO)c2ccccc2)C(=O)[C@@H]2[C@@H](C(=O)Nc3ccccc3)[C@H]3CCC12O3. The molecule has 3 heterocycles. The van der Waals surface area contributed by atoms with Crippen LogP contribution in [0, 0.1) is 11.8 Å². The summed E-state index contributed by atoms with van der Waals surface area (Å²) < 4.78 is 6.49. The molecule has 3 aliphatic rings. The number of fused-ring (bicyclic) bond motifs is 1. The van der Waals surface area contributed by atoms with Crippen molar-refractivity contribution in [3.05, 3.63) is 95.5 Å². The predicted octanol–water partition coefficient (Wildman–Crippen LogP) is 4.03. The molecule has 39 heavy (non-hydrogen) atoms. The Morgan fingerprint density at radius 1 is 0.974 bits per heavy atom. The molecule has 8 nitrogen and oxygen atoms in total. The number of nitrogens with zero attached hydrogens (tertiary/aromatic N) is 1. The molecular formula is C30H28ClN3O5. The second kappa shape index (κ2) is 10.1. The number of aliphatic hydroxyl groups is 1. The van der Waals surface area contributed by atoms with Gasteiger partial charge in [-0.1, -0.05) is 72.3 Å². The van der Waals surface area contributed by atoms with Gasteiger partial charge in [-0.15, -0.1) is 0 Å². The first-order valence-electron chi connectivity index (χ1n) is 13.0. The van der Waals surface area contributed by atoms with Gasteiger partial charge in [0.25, 0.3) is 0 Å². The number of rotatable bonds is 7. The number of hydrogen-bond acceptors (Lipinski definition) is 5. The van der Waals surface area contributed by atoms with E-state index in [0.717, 1.165) is 0 Å². The minimum absolute atomic E-state index is 0.321. The fourth-order valence-electron chi connectivity index (χ4n) is 6.57. The third-order valence-electron chi connectivity index (χ3n) is 8.16. The lowest BCUT2D eigenvalue weighted by atomic mass is 9.70. The van der Waals surface area contributed by atoms with Gasteiger partial charge >= 0.3 is 0 Å². The number of carbonyl (C=O) groups excluding carboxylic acids is 3. The molecule has 3 aromatic carbocycles. The number of hydrogen-bond donors (Lipinski definition) is 3. The van der Waals surface area contributed by atoms with Gasteiger partial charge in [-0.05, 0) is 42.7 Å². The Morgan fingerprint density at radius 3 is 2.33 bits per heavy atom. The Kier molecular flexibility index (Phi) is 6.62. The largest absolute Gasteiger partial charge is 0.394 e. The average molecular weight is 546 g/mol. The van der Waals surface area contributed by atoms with E-state index in [9.17, 15) is 19.5 Å². The molecule has 2 unspecified atom stereocenters. The van der Waals surface area contributed by atoms with Crippen molar-refractivity contribution in [2.75, 3.05) is 17.2 Å². The first-order valence-corrected chi connectivity index (χ1v) is 13.4. The van der Waals surface area contributed by atoms with Gasteiger partial charge in [0.1, 0.15) is 11.6 Å². The van der Waals surface area contributed by atoms with Crippen LogP contribution in [0.15, 0.2) is 84.9 Å². The molecule has 3 amide bonds. The number of halogens is 1. The predicted molar refractivity (Wildman–Crippen MR) is 146 cm³/mol. The number of likely N-dealkylation sites (tertiary alicyclic amines) is 1.